The molecule has 4 saturated heterocycles. The van der Waals surface area contributed by atoms with Crippen molar-refractivity contribution in [2.75, 3.05) is 59.0 Å². The quantitative estimate of drug-likeness (QED) is 0.342. The van der Waals surface area contributed by atoms with Crippen LogP contribution in [0.5, 0.6) is 0 Å². The van der Waals surface area contributed by atoms with Gasteiger partial charge in [0.1, 0.15) is 16.6 Å². The first kappa shape index (κ1) is 48.0. The van der Waals surface area contributed by atoms with Crippen LogP contribution < -0.4 is 5.32 Å². The van der Waals surface area contributed by atoms with Gasteiger partial charge in [0.25, 0.3) is 5.97 Å². The normalized spacial score (nSPS) is 24.1. The number of carbonyl (C=O) groups excluding carboxylic acids is 3. The largest absolute Gasteiger partial charge is 0.481 e. The zero-order chi connectivity index (χ0) is 42.5. The van der Waals surface area contributed by atoms with Gasteiger partial charge in [0.15, 0.2) is 0 Å². The summed E-state index contributed by atoms with van der Waals surface area (Å²) in [4.78, 5) is 58.6. The van der Waals surface area contributed by atoms with E-state index < -0.39 is 11.4 Å². The van der Waals surface area contributed by atoms with Gasteiger partial charge in [0, 0.05) is 89.3 Å². The number of aromatic nitrogens is 2. The number of rotatable bonds is 6. The lowest BCUT2D eigenvalue weighted by Gasteiger charge is -2.52. The third-order valence-corrected chi connectivity index (χ3v) is 13.1. The van der Waals surface area contributed by atoms with Crippen LogP contribution in [0.3, 0.4) is 0 Å². The minimum absolute atomic E-state index is 0. The molecule has 0 atom stereocenters. The Bertz CT molecular complexity index is 1800. The van der Waals surface area contributed by atoms with Crippen molar-refractivity contribution in [2.45, 2.75) is 115 Å². The van der Waals surface area contributed by atoms with Crippen molar-refractivity contribution in [3.05, 3.63) is 60.2 Å². The lowest BCUT2D eigenvalue weighted by Crippen LogP contribution is -2.55. The van der Waals surface area contributed by atoms with Crippen LogP contribution >= 0.6 is 12.4 Å². The molecule has 2 spiro atoms. The van der Waals surface area contributed by atoms with Gasteiger partial charge >= 0.3 is 6.09 Å². The number of aliphatic carboxylic acids is 1. The Morgan fingerprint density at radius 2 is 1.33 bits per heavy atom. The van der Waals surface area contributed by atoms with Crippen LogP contribution in [0.4, 0.5) is 4.79 Å². The molecule has 2 aliphatic carbocycles. The number of hydrogen-bond donors (Lipinski definition) is 2. The fraction of sp³-hybridized carbons (Fsp3) is 0.644. The standard InChI is InChI=1S/C21H28N4O2.C11H13N3.C11H17NO2.C2H4O2.ClH/c1-2-27-19(26)25-10-6-20(16-25)13-17(14-20)24-11-7-21(15-22,8-12-24)18-5-3-4-9-23-18;12-9-11(4-7-13-8-5-11)10-3-1-2-6-14-10;1-2-3-10(14)12-5-4-11(8-12)6-9(13)7-11;1-2(3)4;/h3-5,9,17H,2,6-8,10-14,16H2,1H3;1-3,6,13H,4-5,7-8H2;2-8H2,1H3;1H3,(H,3,4);1H. The van der Waals surface area contributed by atoms with E-state index in [-0.39, 0.29) is 35.2 Å². The van der Waals surface area contributed by atoms with E-state index in [4.69, 9.17) is 14.6 Å². The van der Waals surface area contributed by atoms with Gasteiger partial charge in [-0.2, -0.15) is 10.5 Å². The summed E-state index contributed by atoms with van der Waals surface area (Å²) in [6.45, 7) is 12.5. The van der Waals surface area contributed by atoms with Gasteiger partial charge in [-0.15, -0.1) is 12.4 Å². The van der Waals surface area contributed by atoms with Crippen LogP contribution in [0.15, 0.2) is 48.8 Å². The number of nitrogens with zero attached hydrogens (tertiary/aromatic N) is 7. The smallest absolute Gasteiger partial charge is 0.409 e. The second-order valence-corrected chi connectivity index (χ2v) is 17.3. The number of carbonyl (C=O) groups is 4. The number of likely N-dealkylation sites (tertiary alicyclic amines) is 3. The number of carboxylic acid groups (broad SMARTS) is 1. The SMILES string of the molecule is CC(=O)O.CCCC(=O)N1CCC2(CC(=O)C2)C1.CCOC(=O)N1CCC2(CC(N3CCC(C#N)(c4ccccn4)CC3)C2)C1.Cl.N#CC1(c2ccccn2)CCNCC1. The van der Waals surface area contributed by atoms with Crippen molar-refractivity contribution < 1.29 is 29.0 Å². The van der Waals surface area contributed by atoms with E-state index in [1.54, 1.807) is 12.4 Å². The van der Waals surface area contributed by atoms with Gasteiger partial charge in [-0.1, -0.05) is 19.1 Å². The van der Waals surface area contributed by atoms with Crippen molar-refractivity contribution in [2.24, 2.45) is 10.8 Å². The molecule has 0 unspecified atom stereocenters. The molecule has 0 bridgehead atoms. The molecule has 15 heteroatoms. The second-order valence-electron chi connectivity index (χ2n) is 17.3. The molecule has 2 saturated carbocycles. The van der Waals surface area contributed by atoms with E-state index in [1.807, 2.05) is 60.0 Å². The Kier molecular flexibility index (Phi) is 17.4. The Labute approximate surface area is 361 Å². The van der Waals surface area contributed by atoms with Crippen LogP contribution in [-0.4, -0.2) is 119 Å². The van der Waals surface area contributed by atoms with Crippen molar-refractivity contribution in [1.82, 2.24) is 30.0 Å². The molecule has 60 heavy (non-hydrogen) atoms. The summed E-state index contributed by atoms with van der Waals surface area (Å²) >= 11 is 0. The molecule has 6 heterocycles. The van der Waals surface area contributed by atoms with Crippen LogP contribution in [0.2, 0.25) is 0 Å². The molecule has 2 N–H and O–H groups in total. The Balaban J connectivity index is 0.000000203. The Morgan fingerprint density at radius 3 is 1.82 bits per heavy atom. The number of carboxylic acids is 1. The number of nitrogens with one attached hydrogen (secondary N) is 1. The lowest BCUT2D eigenvalue weighted by molar-refractivity contribution is -0.135. The topological polar surface area (TPSA) is 193 Å². The fourth-order valence-corrected chi connectivity index (χ4v) is 9.70. The maximum absolute atomic E-state index is 12.0. The van der Waals surface area contributed by atoms with Crippen LogP contribution in [-0.2, 0) is 30.0 Å². The summed E-state index contributed by atoms with van der Waals surface area (Å²) in [6.07, 6.45) is 14.2. The molecule has 14 nitrogen and oxygen atoms in total. The van der Waals surface area contributed by atoms with E-state index in [2.05, 4.69) is 32.3 Å². The number of nitriles is 2. The second kappa shape index (κ2) is 21.8. The van der Waals surface area contributed by atoms with E-state index in [0.29, 0.717) is 43.1 Å². The summed E-state index contributed by atoms with van der Waals surface area (Å²) in [5.74, 6) is -0.196. The van der Waals surface area contributed by atoms with Gasteiger partial charge in [0.2, 0.25) is 5.91 Å². The first-order valence-corrected chi connectivity index (χ1v) is 21.4. The predicted molar refractivity (Wildman–Crippen MR) is 228 cm³/mol. The zero-order valence-electron chi connectivity index (χ0n) is 35.6. The maximum Gasteiger partial charge on any atom is 0.409 e. The Hall–Kier alpha value is -4.63. The lowest BCUT2D eigenvalue weighted by atomic mass is 9.63. The molecule has 2 aromatic rings. The number of pyridine rings is 2. The molecular formula is C45H63ClN8O6. The highest BCUT2D eigenvalue weighted by atomic mass is 35.5. The van der Waals surface area contributed by atoms with E-state index in [9.17, 15) is 24.9 Å². The number of ketones is 1. The van der Waals surface area contributed by atoms with E-state index >= 15 is 0 Å². The zero-order valence-corrected chi connectivity index (χ0v) is 36.4. The average molecular weight is 848 g/mol. The average Bonchev–Trinajstić information content (AvgIpc) is 3.89. The molecule has 2 aromatic heterocycles. The van der Waals surface area contributed by atoms with Gasteiger partial charge in [-0.25, -0.2) is 4.79 Å². The number of Topliss-reactive ketones (excluding diaryl/α,β-unsaturated/α-hetero) is 1. The van der Waals surface area contributed by atoms with Crippen molar-refractivity contribution in [1.29, 1.82) is 10.5 Å². The van der Waals surface area contributed by atoms with Gasteiger partial charge in [-0.05, 0) is 107 Å². The fourth-order valence-electron chi connectivity index (χ4n) is 9.70. The minimum Gasteiger partial charge on any atom is -0.481 e. The first-order chi connectivity index (χ1) is 28.4. The molecular weight excluding hydrogens is 784 g/mol. The third-order valence-electron chi connectivity index (χ3n) is 13.1. The third kappa shape index (κ3) is 11.8. The highest BCUT2D eigenvalue weighted by molar-refractivity contribution is 5.87. The maximum atomic E-state index is 12.0. The molecule has 0 radical (unpaired) electrons. The molecule has 6 aliphatic rings. The molecule has 2 amide bonds. The number of halogens is 1. The van der Waals surface area contributed by atoms with E-state index in [0.717, 1.165) is 128 Å². The molecule has 4 aliphatic heterocycles. The predicted octanol–water partition coefficient (Wildman–Crippen LogP) is 6.06. The highest BCUT2D eigenvalue weighted by Crippen LogP contribution is 2.51. The van der Waals surface area contributed by atoms with Crippen molar-refractivity contribution in [3.8, 4) is 12.1 Å². The summed E-state index contributed by atoms with van der Waals surface area (Å²) < 4.78 is 5.15. The molecule has 0 aromatic carbocycles. The Morgan fingerprint density at radius 1 is 0.817 bits per heavy atom. The van der Waals surface area contributed by atoms with Gasteiger partial charge in [0.05, 0.1) is 30.1 Å². The molecule has 326 valence electrons. The highest BCUT2D eigenvalue weighted by Gasteiger charge is 2.53. The summed E-state index contributed by atoms with van der Waals surface area (Å²) in [5.41, 5.74) is 1.53. The summed E-state index contributed by atoms with van der Waals surface area (Å²) in [5, 5.41) is 29.8. The van der Waals surface area contributed by atoms with Crippen molar-refractivity contribution in [3.63, 3.8) is 0 Å². The summed E-state index contributed by atoms with van der Waals surface area (Å²) in [7, 11) is 0. The molecule has 6 fully saturated rings. The first-order valence-electron chi connectivity index (χ1n) is 21.4. The monoisotopic (exact) mass is 846 g/mol. The number of ether oxygens (including phenoxy) is 1. The van der Waals surface area contributed by atoms with Crippen LogP contribution in [0, 0.1) is 33.5 Å². The van der Waals surface area contributed by atoms with E-state index in [1.165, 1.54) is 0 Å². The van der Waals surface area contributed by atoms with Gasteiger partial charge in [-0.3, -0.25) is 24.4 Å². The molecule has 8 rings (SSSR count). The van der Waals surface area contributed by atoms with Crippen molar-refractivity contribution >= 4 is 36.2 Å². The number of piperidine rings is 2. The van der Waals surface area contributed by atoms with Crippen LogP contribution in [0.1, 0.15) is 109 Å². The number of amides is 2. The number of hydrogen-bond acceptors (Lipinski definition) is 11. The summed E-state index contributed by atoms with van der Waals surface area (Å²) in [6, 6.07) is 17.2. The minimum atomic E-state index is -0.833. The van der Waals surface area contributed by atoms with Gasteiger partial charge < -0.3 is 29.9 Å². The van der Waals surface area contributed by atoms with Crippen LogP contribution in [0.25, 0.3) is 0 Å².